The summed E-state index contributed by atoms with van der Waals surface area (Å²) in [6.07, 6.45) is 4.96. The zero-order valence-electron chi connectivity index (χ0n) is 7.87. The first-order valence-electron chi connectivity index (χ1n) is 4.12. The van der Waals surface area contributed by atoms with E-state index >= 15 is 0 Å². The fourth-order valence-electron chi connectivity index (χ4n) is 0.860. The Labute approximate surface area is 78.0 Å². The fraction of sp³-hybridized carbons (Fsp3) is 0.400. The van der Waals surface area contributed by atoms with Crippen molar-refractivity contribution in [1.29, 1.82) is 5.26 Å². The third kappa shape index (κ3) is 4.81. The van der Waals surface area contributed by atoms with Crippen LogP contribution in [0.3, 0.4) is 0 Å². The van der Waals surface area contributed by atoms with Crippen LogP contribution < -0.4 is 0 Å². The highest BCUT2D eigenvalue weighted by molar-refractivity contribution is 5.91. The zero-order chi connectivity index (χ0) is 10.3. The Kier molecular flexibility index (Phi) is 5.29. The second-order valence-corrected chi connectivity index (χ2v) is 2.76. The van der Waals surface area contributed by atoms with Crippen molar-refractivity contribution < 1.29 is 9.90 Å². The van der Waals surface area contributed by atoms with Crippen LogP contribution in [0.15, 0.2) is 23.3 Å². The number of carboxylic acids is 1. The standard InChI is InChI=1S/C10H13NO2/c1-3-4-8(2)5-6-9(7-11)10(12)13/h5-6H,3-4H2,1-2H3,(H,12,13). The van der Waals surface area contributed by atoms with E-state index in [-0.39, 0.29) is 5.57 Å². The second kappa shape index (κ2) is 6.01. The maximum atomic E-state index is 10.4. The summed E-state index contributed by atoms with van der Waals surface area (Å²) in [5, 5.41) is 16.9. The Morgan fingerprint density at radius 2 is 2.15 bits per heavy atom. The van der Waals surface area contributed by atoms with Crippen molar-refractivity contribution in [1.82, 2.24) is 0 Å². The average molecular weight is 179 g/mol. The summed E-state index contributed by atoms with van der Waals surface area (Å²) in [6.45, 7) is 3.96. The van der Waals surface area contributed by atoms with E-state index in [0.717, 1.165) is 18.4 Å². The van der Waals surface area contributed by atoms with Crippen molar-refractivity contribution in [2.24, 2.45) is 0 Å². The predicted molar refractivity (Wildman–Crippen MR) is 50.0 cm³/mol. The molecule has 3 heteroatoms. The number of rotatable bonds is 4. The molecule has 0 aliphatic carbocycles. The van der Waals surface area contributed by atoms with E-state index in [9.17, 15) is 4.79 Å². The van der Waals surface area contributed by atoms with Crippen LogP contribution in [0.2, 0.25) is 0 Å². The molecule has 70 valence electrons. The van der Waals surface area contributed by atoms with Gasteiger partial charge in [0.2, 0.25) is 0 Å². The molecule has 0 amide bonds. The number of nitrogens with zero attached hydrogens (tertiary/aromatic N) is 1. The molecule has 0 saturated carbocycles. The van der Waals surface area contributed by atoms with Gasteiger partial charge in [-0.25, -0.2) is 4.79 Å². The predicted octanol–water partition coefficient (Wildman–Crippen LogP) is 2.27. The Morgan fingerprint density at radius 1 is 1.54 bits per heavy atom. The van der Waals surface area contributed by atoms with Gasteiger partial charge >= 0.3 is 5.97 Å². The fourth-order valence-corrected chi connectivity index (χ4v) is 0.860. The van der Waals surface area contributed by atoms with Crippen molar-refractivity contribution >= 4 is 5.97 Å². The van der Waals surface area contributed by atoms with Crippen LogP contribution in [0.5, 0.6) is 0 Å². The maximum Gasteiger partial charge on any atom is 0.346 e. The molecule has 0 aromatic rings. The maximum absolute atomic E-state index is 10.4. The summed E-state index contributed by atoms with van der Waals surface area (Å²) < 4.78 is 0. The largest absolute Gasteiger partial charge is 0.477 e. The molecule has 0 radical (unpaired) electrons. The minimum atomic E-state index is -1.18. The van der Waals surface area contributed by atoms with Crippen molar-refractivity contribution in [2.75, 3.05) is 0 Å². The molecule has 1 N–H and O–H groups in total. The summed E-state index contributed by atoms with van der Waals surface area (Å²) in [4.78, 5) is 10.4. The quantitative estimate of drug-likeness (QED) is 0.409. The summed E-state index contributed by atoms with van der Waals surface area (Å²) in [6, 6.07) is 1.62. The Morgan fingerprint density at radius 3 is 2.54 bits per heavy atom. The number of hydrogen-bond donors (Lipinski definition) is 1. The Balaban J connectivity index is 4.47. The van der Waals surface area contributed by atoms with Gasteiger partial charge in [0.25, 0.3) is 0 Å². The van der Waals surface area contributed by atoms with Crippen LogP contribution in [-0.4, -0.2) is 11.1 Å². The molecular weight excluding hydrogens is 166 g/mol. The van der Waals surface area contributed by atoms with Gasteiger partial charge < -0.3 is 5.11 Å². The van der Waals surface area contributed by atoms with Crippen LogP contribution in [-0.2, 0) is 4.79 Å². The molecule has 0 unspecified atom stereocenters. The molecule has 0 spiro atoms. The lowest BCUT2D eigenvalue weighted by Gasteiger charge is -1.93. The van der Waals surface area contributed by atoms with Crippen molar-refractivity contribution in [3.63, 3.8) is 0 Å². The van der Waals surface area contributed by atoms with Gasteiger partial charge in [-0.2, -0.15) is 5.26 Å². The lowest BCUT2D eigenvalue weighted by molar-refractivity contribution is -0.132. The number of hydrogen-bond acceptors (Lipinski definition) is 2. The third-order valence-corrected chi connectivity index (χ3v) is 1.53. The molecule has 0 atom stereocenters. The van der Waals surface area contributed by atoms with Crippen molar-refractivity contribution in [2.45, 2.75) is 26.7 Å². The van der Waals surface area contributed by atoms with E-state index < -0.39 is 5.97 Å². The van der Waals surface area contributed by atoms with E-state index in [4.69, 9.17) is 10.4 Å². The number of aliphatic carboxylic acids is 1. The summed E-state index contributed by atoms with van der Waals surface area (Å²) in [7, 11) is 0. The first kappa shape index (κ1) is 11.4. The van der Waals surface area contributed by atoms with E-state index in [1.165, 1.54) is 6.08 Å². The molecule has 0 heterocycles. The zero-order valence-corrected chi connectivity index (χ0v) is 7.87. The molecular formula is C10H13NO2. The van der Waals surface area contributed by atoms with Gasteiger partial charge in [-0.1, -0.05) is 25.0 Å². The molecule has 0 aromatic carbocycles. The van der Waals surface area contributed by atoms with Crippen LogP contribution in [0.4, 0.5) is 0 Å². The summed E-state index contributed by atoms with van der Waals surface area (Å²) in [5.74, 6) is -1.18. The van der Waals surface area contributed by atoms with E-state index in [0.29, 0.717) is 0 Å². The van der Waals surface area contributed by atoms with Crippen LogP contribution in [0.25, 0.3) is 0 Å². The van der Waals surface area contributed by atoms with E-state index in [2.05, 4.69) is 0 Å². The SMILES string of the molecule is CCCC(C)=CC=C(C#N)C(=O)O. The van der Waals surface area contributed by atoms with Gasteiger partial charge in [0.1, 0.15) is 11.6 Å². The molecule has 0 rings (SSSR count). The highest BCUT2D eigenvalue weighted by Gasteiger charge is 2.02. The first-order valence-corrected chi connectivity index (χ1v) is 4.12. The van der Waals surface area contributed by atoms with Crippen molar-refractivity contribution in [3.8, 4) is 6.07 Å². The van der Waals surface area contributed by atoms with Crippen LogP contribution in [0.1, 0.15) is 26.7 Å². The minimum absolute atomic E-state index is 0.226. The molecule has 0 saturated heterocycles. The van der Waals surface area contributed by atoms with E-state index in [1.54, 1.807) is 12.1 Å². The minimum Gasteiger partial charge on any atom is -0.477 e. The highest BCUT2D eigenvalue weighted by Crippen LogP contribution is 2.04. The van der Waals surface area contributed by atoms with Crippen molar-refractivity contribution in [3.05, 3.63) is 23.3 Å². The molecule has 0 aliphatic rings. The number of allylic oxidation sites excluding steroid dienone is 3. The molecule has 0 aliphatic heterocycles. The smallest absolute Gasteiger partial charge is 0.346 e. The second-order valence-electron chi connectivity index (χ2n) is 2.76. The van der Waals surface area contributed by atoms with Crippen LogP contribution in [0, 0.1) is 11.3 Å². The summed E-state index contributed by atoms with van der Waals surface area (Å²) in [5.41, 5.74) is 0.854. The topological polar surface area (TPSA) is 61.1 Å². The first-order chi connectivity index (χ1) is 6.11. The van der Waals surface area contributed by atoms with Gasteiger partial charge in [-0.3, -0.25) is 0 Å². The Hall–Kier alpha value is -1.56. The third-order valence-electron chi connectivity index (χ3n) is 1.53. The van der Waals surface area contributed by atoms with Gasteiger partial charge in [0, 0.05) is 0 Å². The van der Waals surface area contributed by atoms with Gasteiger partial charge in [-0.05, 0) is 19.4 Å². The van der Waals surface area contributed by atoms with Gasteiger partial charge in [0.05, 0.1) is 0 Å². The molecule has 3 nitrogen and oxygen atoms in total. The van der Waals surface area contributed by atoms with Gasteiger partial charge in [0.15, 0.2) is 0 Å². The highest BCUT2D eigenvalue weighted by atomic mass is 16.4. The van der Waals surface area contributed by atoms with E-state index in [1.807, 2.05) is 13.8 Å². The van der Waals surface area contributed by atoms with Gasteiger partial charge in [-0.15, -0.1) is 0 Å². The molecule has 0 bridgehead atoms. The normalized spacial score (nSPS) is 12.4. The molecule has 0 fully saturated rings. The average Bonchev–Trinajstić information content (AvgIpc) is 2.05. The molecule has 13 heavy (non-hydrogen) atoms. The Bertz CT molecular complexity index is 282. The number of carbonyl (C=O) groups is 1. The van der Waals surface area contributed by atoms with Crippen LogP contribution >= 0.6 is 0 Å². The lowest BCUT2D eigenvalue weighted by Crippen LogP contribution is -1.96. The lowest BCUT2D eigenvalue weighted by atomic mass is 10.1. The monoisotopic (exact) mass is 179 g/mol. The number of nitriles is 1. The molecule has 0 aromatic heterocycles. The number of carboxylic acid groups (broad SMARTS) is 1. The summed E-state index contributed by atoms with van der Waals surface area (Å²) >= 11 is 0.